The van der Waals surface area contributed by atoms with Gasteiger partial charge < -0.3 is 19.5 Å². The maximum atomic E-state index is 12.4. The van der Waals surface area contributed by atoms with E-state index in [2.05, 4.69) is 37.8 Å². The largest absolute Gasteiger partial charge is 0.464 e. The molecule has 2 aromatic carbocycles. The highest BCUT2D eigenvalue weighted by Crippen LogP contribution is 2.36. The number of hydrogen-bond acceptors (Lipinski definition) is 5. The number of carbonyl (C=O) groups excluding carboxylic acids is 1. The van der Waals surface area contributed by atoms with E-state index in [1.807, 2.05) is 30.3 Å². The molecule has 1 atom stereocenters. The summed E-state index contributed by atoms with van der Waals surface area (Å²) in [4.78, 5) is 16.6. The van der Waals surface area contributed by atoms with Crippen molar-refractivity contribution in [2.24, 2.45) is 5.92 Å². The number of β-amino-alcohol motifs (C(OH)–C–C–N with tert-alkyl or cyclic N) is 1. The average molecular weight is 451 g/mol. The molecule has 0 aliphatic carbocycles. The van der Waals surface area contributed by atoms with Gasteiger partial charge in [-0.05, 0) is 82.1 Å². The van der Waals surface area contributed by atoms with Gasteiger partial charge in [-0.1, -0.05) is 18.2 Å². The van der Waals surface area contributed by atoms with Gasteiger partial charge in [0.1, 0.15) is 5.75 Å². The lowest BCUT2D eigenvalue weighted by molar-refractivity contribution is -0.151. The second-order valence-corrected chi connectivity index (χ2v) is 10.6. The number of fused-ring (bicyclic) bond motifs is 1. The van der Waals surface area contributed by atoms with E-state index >= 15 is 0 Å². The number of carbonyl (C=O) groups is 1. The SMILES string of the molecule is CC(C)(C)N1CCC(C2OCc3cc(-c4ccc(C(=O)N5CC(O)C5)cc4)ccc3O2)CC1. The lowest BCUT2D eigenvalue weighted by atomic mass is 9.92. The third-order valence-corrected chi connectivity index (χ3v) is 7.19. The molecule has 176 valence electrons. The Balaban J connectivity index is 1.22. The smallest absolute Gasteiger partial charge is 0.254 e. The quantitative estimate of drug-likeness (QED) is 0.768. The fourth-order valence-corrected chi connectivity index (χ4v) is 5.00. The maximum absolute atomic E-state index is 12.4. The first kappa shape index (κ1) is 22.4. The molecule has 6 heteroatoms. The summed E-state index contributed by atoms with van der Waals surface area (Å²) in [5.74, 6) is 1.31. The van der Waals surface area contributed by atoms with Gasteiger partial charge >= 0.3 is 0 Å². The van der Waals surface area contributed by atoms with Crippen molar-refractivity contribution in [3.63, 3.8) is 0 Å². The predicted molar refractivity (Wildman–Crippen MR) is 127 cm³/mol. The number of aliphatic hydroxyl groups is 1. The highest BCUT2D eigenvalue weighted by atomic mass is 16.7. The molecule has 3 heterocycles. The third-order valence-electron chi connectivity index (χ3n) is 7.19. The lowest BCUT2D eigenvalue weighted by Crippen LogP contribution is -2.53. The van der Waals surface area contributed by atoms with Gasteiger partial charge in [-0.25, -0.2) is 0 Å². The lowest BCUT2D eigenvalue weighted by Gasteiger charge is -2.43. The van der Waals surface area contributed by atoms with Crippen molar-refractivity contribution in [3.05, 3.63) is 53.6 Å². The molecule has 3 aliphatic heterocycles. The van der Waals surface area contributed by atoms with Crippen molar-refractivity contribution >= 4 is 5.91 Å². The van der Waals surface area contributed by atoms with Crippen LogP contribution in [0.5, 0.6) is 5.75 Å². The molecule has 0 aromatic heterocycles. The highest BCUT2D eigenvalue weighted by molar-refractivity contribution is 5.95. The zero-order chi connectivity index (χ0) is 23.2. The van der Waals surface area contributed by atoms with Crippen LogP contribution in [0.4, 0.5) is 0 Å². The zero-order valence-corrected chi connectivity index (χ0v) is 19.8. The van der Waals surface area contributed by atoms with Crippen LogP contribution < -0.4 is 4.74 Å². The van der Waals surface area contributed by atoms with Gasteiger partial charge in [0, 0.05) is 35.7 Å². The number of likely N-dealkylation sites (tertiary alicyclic amines) is 2. The van der Waals surface area contributed by atoms with Crippen LogP contribution in [0, 0.1) is 5.92 Å². The average Bonchev–Trinajstić information content (AvgIpc) is 2.80. The van der Waals surface area contributed by atoms with Gasteiger partial charge in [0.15, 0.2) is 0 Å². The Morgan fingerprint density at radius 3 is 2.30 bits per heavy atom. The predicted octanol–water partition coefficient (Wildman–Crippen LogP) is 3.92. The van der Waals surface area contributed by atoms with Gasteiger partial charge in [0.25, 0.3) is 5.91 Å². The minimum absolute atomic E-state index is 0.0292. The summed E-state index contributed by atoms with van der Waals surface area (Å²) in [7, 11) is 0. The standard InChI is InChI=1S/C27H34N2O4/c1-27(2,3)29-12-10-20(11-13-29)26-32-17-22-14-21(8-9-24(22)33-26)18-4-6-19(7-5-18)25(31)28-15-23(30)16-28/h4-9,14,20,23,26,30H,10-13,15-17H2,1-3H3. The zero-order valence-electron chi connectivity index (χ0n) is 19.8. The molecule has 2 fully saturated rings. The number of amides is 1. The molecule has 0 bridgehead atoms. The first-order chi connectivity index (χ1) is 15.8. The Bertz CT molecular complexity index is 1000. The molecule has 6 nitrogen and oxygen atoms in total. The molecule has 0 saturated carbocycles. The number of aliphatic hydroxyl groups excluding tert-OH is 1. The Morgan fingerprint density at radius 2 is 1.67 bits per heavy atom. The minimum Gasteiger partial charge on any atom is -0.464 e. The molecular formula is C27H34N2O4. The second kappa shape index (κ2) is 8.75. The van der Waals surface area contributed by atoms with E-state index in [1.54, 1.807) is 4.90 Å². The van der Waals surface area contributed by atoms with Crippen molar-refractivity contribution < 1.29 is 19.4 Å². The van der Waals surface area contributed by atoms with E-state index in [4.69, 9.17) is 9.47 Å². The monoisotopic (exact) mass is 450 g/mol. The van der Waals surface area contributed by atoms with Crippen LogP contribution in [0.1, 0.15) is 49.5 Å². The Morgan fingerprint density at radius 1 is 1.00 bits per heavy atom. The molecule has 0 spiro atoms. The number of piperidine rings is 1. The van der Waals surface area contributed by atoms with E-state index in [0.29, 0.717) is 31.2 Å². The topological polar surface area (TPSA) is 62.2 Å². The van der Waals surface area contributed by atoms with E-state index in [0.717, 1.165) is 48.4 Å². The maximum Gasteiger partial charge on any atom is 0.254 e. The summed E-state index contributed by atoms with van der Waals surface area (Å²) in [6, 6.07) is 13.9. The summed E-state index contributed by atoms with van der Waals surface area (Å²) in [5, 5.41) is 9.42. The summed E-state index contributed by atoms with van der Waals surface area (Å²) in [6.45, 7) is 10.4. The number of benzene rings is 2. The van der Waals surface area contributed by atoms with Crippen LogP contribution in [0.15, 0.2) is 42.5 Å². The Kier molecular flexibility index (Phi) is 5.93. The highest BCUT2D eigenvalue weighted by Gasteiger charge is 2.34. The summed E-state index contributed by atoms with van der Waals surface area (Å²) in [5.41, 5.74) is 4.05. The van der Waals surface area contributed by atoms with Crippen molar-refractivity contribution in [3.8, 4) is 16.9 Å². The second-order valence-electron chi connectivity index (χ2n) is 10.6. The van der Waals surface area contributed by atoms with Crippen LogP contribution in [0.3, 0.4) is 0 Å². The third kappa shape index (κ3) is 4.65. The Labute approximate surface area is 196 Å². The normalized spacial score (nSPS) is 22.4. The van der Waals surface area contributed by atoms with Crippen LogP contribution in [-0.4, -0.2) is 64.9 Å². The molecule has 0 radical (unpaired) electrons. The van der Waals surface area contributed by atoms with E-state index < -0.39 is 0 Å². The van der Waals surface area contributed by atoms with Crippen LogP contribution in [0.25, 0.3) is 11.1 Å². The first-order valence-electron chi connectivity index (χ1n) is 12.0. The van der Waals surface area contributed by atoms with E-state index in [-0.39, 0.29) is 23.8 Å². The van der Waals surface area contributed by atoms with Gasteiger partial charge in [-0.3, -0.25) is 9.69 Å². The van der Waals surface area contributed by atoms with Gasteiger partial charge in [-0.15, -0.1) is 0 Å². The van der Waals surface area contributed by atoms with Gasteiger partial charge in [0.2, 0.25) is 6.29 Å². The summed E-state index contributed by atoms with van der Waals surface area (Å²) >= 11 is 0. The molecule has 5 rings (SSSR count). The van der Waals surface area contributed by atoms with Crippen LogP contribution in [0.2, 0.25) is 0 Å². The molecule has 3 aliphatic rings. The molecule has 2 saturated heterocycles. The van der Waals surface area contributed by atoms with Crippen molar-refractivity contribution in [1.29, 1.82) is 0 Å². The number of rotatable bonds is 3. The summed E-state index contributed by atoms with van der Waals surface area (Å²) < 4.78 is 12.4. The van der Waals surface area contributed by atoms with Gasteiger partial charge in [-0.2, -0.15) is 0 Å². The summed E-state index contributed by atoms with van der Waals surface area (Å²) in [6.07, 6.45) is 1.63. The van der Waals surface area contributed by atoms with Crippen molar-refractivity contribution in [2.45, 2.75) is 58.2 Å². The van der Waals surface area contributed by atoms with Crippen molar-refractivity contribution in [1.82, 2.24) is 9.80 Å². The first-order valence-corrected chi connectivity index (χ1v) is 12.0. The molecular weight excluding hydrogens is 416 g/mol. The van der Waals surface area contributed by atoms with Gasteiger partial charge in [0.05, 0.1) is 12.7 Å². The number of nitrogens with zero attached hydrogens (tertiary/aromatic N) is 2. The fraction of sp³-hybridized carbons (Fsp3) is 0.519. The van der Waals surface area contributed by atoms with Crippen LogP contribution in [-0.2, 0) is 11.3 Å². The number of ether oxygens (including phenoxy) is 2. The molecule has 1 N–H and O–H groups in total. The van der Waals surface area contributed by atoms with E-state index in [9.17, 15) is 9.90 Å². The number of hydrogen-bond donors (Lipinski definition) is 1. The minimum atomic E-state index is -0.385. The fourth-order valence-electron chi connectivity index (χ4n) is 5.00. The molecule has 1 amide bonds. The van der Waals surface area contributed by atoms with Crippen LogP contribution >= 0.6 is 0 Å². The molecule has 33 heavy (non-hydrogen) atoms. The van der Waals surface area contributed by atoms with E-state index in [1.165, 1.54) is 0 Å². The Hall–Kier alpha value is -2.41. The molecule has 2 aromatic rings. The molecule has 1 unspecified atom stereocenters. The van der Waals surface area contributed by atoms with Crippen molar-refractivity contribution in [2.75, 3.05) is 26.2 Å².